The van der Waals surface area contributed by atoms with Gasteiger partial charge < -0.3 is 19.7 Å². The number of ether oxygens (including phenoxy) is 1. The minimum Gasteiger partial charge on any atom is -0.445 e. The van der Waals surface area contributed by atoms with Crippen molar-refractivity contribution in [3.05, 3.63) is 65.7 Å². The number of hydrogen-bond acceptors (Lipinski definition) is 4. The number of terminal acetylenes is 1. The maximum Gasteiger partial charge on any atom is 0.488 e. The number of rotatable bonds is 3. The molecule has 0 unspecified atom stereocenters. The summed E-state index contributed by atoms with van der Waals surface area (Å²) in [5.41, 5.74) is 2.21. The SMILES string of the molecule is C#Cc1ccc(B(O)O)cc1.O=C(OCc1ccccc1)N1CCCC1. The molecule has 134 valence electrons. The molecule has 0 aliphatic carbocycles. The molecule has 5 nitrogen and oxygen atoms in total. The number of benzene rings is 2. The van der Waals surface area contributed by atoms with Crippen molar-refractivity contribution in [3.63, 3.8) is 0 Å². The molecule has 0 atom stereocenters. The van der Waals surface area contributed by atoms with Gasteiger partial charge in [-0.05, 0) is 36.0 Å². The second kappa shape index (κ2) is 10.3. The molecule has 0 bridgehead atoms. The van der Waals surface area contributed by atoms with E-state index in [1.165, 1.54) is 0 Å². The lowest BCUT2D eigenvalue weighted by atomic mass is 9.80. The summed E-state index contributed by atoms with van der Waals surface area (Å²) in [4.78, 5) is 13.3. The summed E-state index contributed by atoms with van der Waals surface area (Å²) in [7, 11) is -1.41. The molecule has 6 heteroatoms. The van der Waals surface area contributed by atoms with Gasteiger partial charge in [0.15, 0.2) is 0 Å². The van der Waals surface area contributed by atoms with Crippen molar-refractivity contribution >= 4 is 18.7 Å². The number of nitrogens with zero attached hydrogens (tertiary/aromatic N) is 1. The van der Waals surface area contributed by atoms with Crippen molar-refractivity contribution in [3.8, 4) is 12.3 Å². The Morgan fingerprint density at radius 2 is 1.69 bits per heavy atom. The van der Waals surface area contributed by atoms with Gasteiger partial charge in [0.05, 0.1) is 0 Å². The average Bonchev–Trinajstić information content (AvgIpc) is 3.22. The Kier molecular flexibility index (Phi) is 7.75. The Hall–Kier alpha value is -2.75. The third-order valence-electron chi connectivity index (χ3n) is 3.94. The summed E-state index contributed by atoms with van der Waals surface area (Å²) in [5.74, 6) is 2.43. The van der Waals surface area contributed by atoms with E-state index >= 15 is 0 Å². The van der Waals surface area contributed by atoms with Crippen molar-refractivity contribution in [2.45, 2.75) is 19.4 Å². The van der Waals surface area contributed by atoms with Crippen LogP contribution in [0.3, 0.4) is 0 Å². The van der Waals surface area contributed by atoms with E-state index in [4.69, 9.17) is 21.2 Å². The zero-order valence-corrected chi connectivity index (χ0v) is 14.5. The summed E-state index contributed by atoms with van der Waals surface area (Å²) in [5, 5.41) is 17.4. The first kappa shape index (κ1) is 19.6. The molecule has 1 aliphatic heterocycles. The largest absolute Gasteiger partial charge is 0.488 e. The monoisotopic (exact) mass is 351 g/mol. The van der Waals surface area contributed by atoms with E-state index in [1.54, 1.807) is 29.2 Å². The highest BCUT2D eigenvalue weighted by atomic mass is 16.6. The van der Waals surface area contributed by atoms with Gasteiger partial charge in [0, 0.05) is 18.7 Å². The molecule has 1 aliphatic rings. The van der Waals surface area contributed by atoms with Crippen molar-refractivity contribution in [2.75, 3.05) is 13.1 Å². The van der Waals surface area contributed by atoms with Gasteiger partial charge in [-0.1, -0.05) is 48.4 Å². The third-order valence-corrected chi connectivity index (χ3v) is 3.94. The topological polar surface area (TPSA) is 70.0 Å². The first-order valence-electron chi connectivity index (χ1n) is 8.48. The summed E-state index contributed by atoms with van der Waals surface area (Å²) in [6, 6.07) is 16.2. The molecule has 1 amide bonds. The fraction of sp³-hybridized carbons (Fsp3) is 0.250. The van der Waals surface area contributed by atoms with E-state index < -0.39 is 7.12 Å². The van der Waals surface area contributed by atoms with E-state index in [0.717, 1.165) is 37.1 Å². The molecule has 26 heavy (non-hydrogen) atoms. The molecule has 2 aromatic rings. The Bertz CT molecular complexity index is 720. The molecule has 0 radical (unpaired) electrons. The summed E-state index contributed by atoms with van der Waals surface area (Å²) in [6.07, 6.45) is 7.11. The van der Waals surface area contributed by atoms with E-state index in [0.29, 0.717) is 12.1 Å². The number of carbonyl (C=O) groups is 1. The van der Waals surface area contributed by atoms with Crippen LogP contribution < -0.4 is 5.46 Å². The fourth-order valence-corrected chi connectivity index (χ4v) is 2.46. The number of carbonyl (C=O) groups excluding carboxylic acids is 1. The Morgan fingerprint density at radius 1 is 1.08 bits per heavy atom. The van der Waals surface area contributed by atoms with Gasteiger partial charge in [-0.2, -0.15) is 0 Å². The Balaban J connectivity index is 0.000000197. The predicted octanol–water partition coefficient (Wildman–Crippen LogP) is 1.77. The average molecular weight is 351 g/mol. The lowest BCUT2D eigenvalue weighted by molar-refractivity contribution is 0.104. The van der Waals surface area contributed by atoms with Crippen LogP contribution in [0.25, 0.3) is 0 Å². The van der Waals surface area contributed by atoms with Crippen molar-refractivity contribution < 1.29 is 19.6 Å². The molecule has 0 saturated carbocycles. The fourth-order valence-electron chi connectivity index (χ4n) is 2.46. The van der Waals surface area contributed by atoms with Gasteiger partial charge in [0.2, 0.25) is 0 Å². The minimum absolute atomic E-state index is 0.184. The third kappa shape index (κ3) is 6.28. The molecular weight excluding hydrogens is 329 g/mol. The van der Waals surface area contributed by atoms with Crippen LogP contribution in [0, 0.1) is 12.3 Å². The maximum absolute atomic E-state index is 11.5. The van der Waals surface area contributed by atoms with Crippen LogP contribution in [0.4, 0.5) is 4.79 Å². The molecular formula is C20H22BNO4. The van der Waals surface area contributed by atoms with Crippen molar-refractivity contribution in [1.29, 1.82) is 0 Å². The zero-order valence-electron chi connectivity index (χ0n) is 14.5. The highest BCUT2D eigenvalue weighted by Gasteiger charge is 2.18. The maximum atomic E-state index is 11.5. The molecule has 1 saturated heterocycles. The molecule has 1 heterocycles. The first-order valence-corrected chi connectivity index (χ1v) is 8.48. The Morgan fingerprint density at radius 3 is 2.23 bits per heavy atom. The lowest BCUT2D eigenvalue weighted by Crippen LogP contribution is -2.29. The number of hydrogen-bond donors (Lipinski definition) is 2. The standard InChI is InChI=1S/C12H15NO2.C8H7BO2/c14-12(13-8-4-5-9-13)15-10-11-6-2-1-3-7-11;1-2-7-3-5-8(6-4-7)9(10)11/h1-3,6-7H,4-5,8-10H2;1,3-6,10-11H. The van der Waals surface area contributed by atoms with E-state index in [-0.39, 0.29) is 6.09 Å². The van der Waals surface area contributed by atoms with Crippen LogP contribution >= 0.6 is 0 Å². The van der Waals surface area contributed by atoms with Gasteiger partial charge in [-0.25, -0.2) is 4.79 Å². The van der Waals surface area contributed by atoms with Crippen LogP contribution in [-0.2, 0) is 11.3 Å². The predicted molar refractivity (Wildman–Crippen MR) is 102 cm³/mol. The van der Waals surface area contributed by atoms with Crippen LogP contribution in [-0.4, -0.2) is 41.2 Å². The second-order valence-corrected chi connectivity index (χ2v) is 5.87. The molecule has 0 spiro atoms. The van der Waals surface area contributed by atoms with Crippen molar-refractivity contribution in [2.24, 2.45) is 0 Å². The normalized spacial score (nSPS) is 12.6. The van der Waals surface area contributed by atoms with Gasteiger partial charge >= 0.3 is 13.2 Å². The number of amides is 1. The molecule has 2 aromatic carbocycles. The lowest BCUT2D eigenvalue weighted by Gasteiger charge is -2.14. The van der Waals surface area contributed by atoms with Crippen LogP contribution in [0.2, 0.25) is 0 Å². The van der Waals surface area contributed by atoms with Crippen LogP contribution in [0.5, 0.6) is 0 Å². The van der Waals surface area contributed by atoms with Gasteiger partial charge in [-0.3, -0.25) is 0 Å². The van der Waals surface area contributed by atoms with E-state index in [1.807, 2.05) is 30.3 Å². The molecule has 2 N–H and O–H groups in total. The van der Waals surface area contributed by atoms with E-state index in [9.17, 15) is 4.79 Å². The van der Waals surface area contributed by atoms with Gasteiger partial charge in [0.25, 0.3) is 0 Å². The summed E-state index contributed by atoms with van der Waals surface area (Å²) in [6.45, 7) is 2.05. The number of likely N-dealkylation sites (tertiary alicyclic amines) is 1. The summed E-state index contributed by atoms with van der Waals surface area (Å²) < 4.78 is 5.20. The summed E-state index contributed by atoms with van der Waals surface area (Å²) >= 11 is 0. The van der Waals surface area contributed by atoms with Gasteiger partial charge in [0.1, 0.15) is 6.61 Å². The molecule has 3 rings (SSSR count). The second-order valence-electron chi connectivity index (χ2n) is 5.87. The molecule has 0 aromatic heterocycles. The highest BCUT2D eigenvalue weighted by Crippen LogP contribution is 2.10. The van der Waals surface area contributed by atoms with Gasteiger partial charge in [-0.15, -0.1) is 6.42 Å². The zero-order chi connectivity index (χ0) is 18.8. The van der Waals surface area contributed by atoms with Crippen molar-refractivity contribution in [1.82, 2.24) is 4.90 Å². The Labute approximate surface area is 154 Å². The quantitative estimate of drug-likeness (QED) is 0.653. The smallest absolute Gasteiger partial charge is 0.445 e. The van der Waals surface area contributed by atoms with Crippen LogP contribution in [0.1, 0.15) is 24.0 Å². The van der Waals surface area contributed by atoms with E-state index in [2.05, 4.69) is 5.92 Å². The first-order chi connectivity index (χ1) is 12.6. The van der Waals surface area contributed by atoms with Crippen LogP contribution in [0.15, 0.2) is 54.6 Å². The highest BCUT2D eigenvalue weighted by molar-refractivity contribution is 6.58. The molecule has 1 fully saturated rings. The minimum atomic E-state index is -1.41.